The lowest BCUT2D eigenvalue weighted by Crippen LogP contribution is -2.52. The van der Waals surface area contributed by atoms with Gasteiger partial charge in [-0.1, -0.05) is 19.3 Å². The molecule has 0 atom stereocenters. The Morgan fingerprint density at radius 1 is 1.14 bits per heavy atom. The van der Waals surface area contributed by atoms with Crippen molar-refractivity contribution in [1.82, 2.24) is 0 Å². The first-order chi connectivity index (χ1) is 6.62. The van der Waals surface area contributed by atoms with Crippen LogP contribution in [0.15, 0.2) is 0 Å². The van der Waals surface area contributed by atoms with Gasteiger partial charge in [0.15, 0.2) is 0 Å². The third-order valence-corrected chi connectivity index (χ3v) is 3.91. The van der Waals surface area contributed by atoms with Crippen LogP contribution in [-0.4, -0.2) is 21.8 Å². The molecule has 2 aliphatic rings. The van der Waals surface area contributed by atoms with E-state index in [9.17, 15) is 9.90 Å². The number of carboxylic acid groups (broad SMARTS) is 1. The lowest BCUT2D eigenvalue weighted by atomic mass is 9.61. The maximum Gasteiger partial charge on any atom is 0.306 e. The molecule has 0 saturated heterocycles. The van der Waals surface area contributed by atoms with Gasteiger partial charge in [0.1, 0.15) is 0 Å². The van der Waals surface area contributed by atoms with Crippen molar-refractivity contribution in [3.05, 3.63) is 0 Å². The maximum absolute atomic E-state index is 10.6. The summed E-state index contributed by atoms with van der Waals surface area (Å²) < 4.78 is 0. The van der Waals surface area contributed by atoms with Crippen LogP contribution in [0, 0.1) is 11.8 Å². The molecule has 2 aliphatic carbocycles. The summed E-state index contributed by atoms with van der Waals surface area (Å²) in [6.45, 7) is 0. The van der Waals surface area contributed by atoms with Crippen LogP contribution in [0.3, 0.4) is 0 Å². The topological polar surface area (TPSA) is 57.5 Å². The second kappa shape index (κ2) is 3.54. The number of carbonyl (C=O) groups is 1. The van der Waals surface area contributed by atoms with Gasteiger partial charge >= 0.3 is 5.97 Å². The van der Waals surface area contributed by atoms with Crippen molar-refractivity contribution >= 4 is 5.97 Å². The molecule has 0 heterocycles. The maximum atomic E-state index is 10.6. The van der Waals surface area contributed by atoms with Crippen molar-refractivity contribution in [3.63, 3.8) is 0 Å². The van der Waals surface area contributed by atoms with Gasteiger partial charge in [0.05, 0.1) is 11.5 Å². The molecule has 3 nitrogen and oxygen atoms in total. The lowest BCUT2D eigenvalue weighted by Gasteiger charge is -2.48. The first-order valence-corrected chi connectivity index (χ1v) is 5.57. The first-order valence-electron chi connectivity index (χ1n) is 5.57. The zero-order valence-electron chi connectivity index (χ0n) is 8.41. The smallest absolute Gasteiger partial charge is 0.306 e. The van der Waals surface area contributed by atoms with Crippen LogP contribution in [0.4, 0.5) is 0 Å². The average Bonchev–Trinajstić information content (AvgIpc) is 2.14. The quantitative estimate of drug-likeness (QED) is 0.711. The van der Waals surface area contributed by atoms with E-state index in [1.807, 2.05) is 0 Å². The van der Waals surface area contributed by atoms with E-state index in [-0.39, 0.29) is 5.92 Å². The molecule has 0 radical (unpaired) electrons. The molecular formula is C11H18O3. The molecule has 2 saturated carbocycles. The molecule has 14 heavy (non-hydrogen) atoms. The summed E-state index contributed by atoms with van der Waals surface area (Å²) in [5, 5.41) is 18.9. The first kappa shape index (κ1) is 9.97. The minimum absolute atomic E-state index is 0.290. The lowest BCUT2D eigenvalue weighted by molar-refractivity contribution is -0.168. The van der Waals surface area contributed by atoms with Crippen LogP contribution in [-0.2, 0) is 4.79 Å². The molecule has 0 aromatic carbocycles. The molecule has 0 bridgehead atoms. The van der Waals surface area contributed by atoms with Gasteiger partial charge in [0.25, 0.3) is 0 Å². The Balaban J connectivity index is 1.89. The Hall–Kier alpha value is -0.570. The molecule has 0 amide bonds. The van der Waals surface area contributed by atoms with Gasteiger partial charge in [-0.3, -0.25) is 4.79 Å². The summed E-state index contributed by atoms with van der Waals surface area (Å²) in [5.41, 5.74) is -0.635. The van der Waals surface area contributed by atoms with E-state index in [2.05, 4.69) is 0 Å². The van der Waals surface area contributed by atoms with Crippen molar-refractivity contribution in [2.75, 3.05) is 0 Å². The predicted octanol–water partition coefficient (Wildman–Crippen LogP) is 1.79. The molecule has 0 spiro atoms. The second-order valence-corrected chi connectivity index (χ2v) is 4.88. The Labute approximate surface area is 84.1 Å². The summed E-state index contributed by atoms with van der Waals surface area (Å²) in [7, 11) is 0. The normalized spacial score (nSPS) is 39.1. The van der Waals surface area contributed by atoms with E-state index in [1.165, 1.54) is 19.3 Å². The van der Waals surface area contributed by atoms with E-state index in [0.29, 0.717) is 18.8 Å². The van der Waals surface area contributed by atoms with Crippen molar-refractivity contribution in [2.45, 2.75) is 50.5 Å². The fourth-order valence-corrected chi connectivity index (χ4v) is 2.94. The van der Waals surface area contributed by atoms with Crippen LogP contribution in [0.25, 0.3) is 0 Å². The minimum atomic E-state index is -0.745. The molecule has 0 aromatic rings. The average molecular weight is 198 g/mol. The van der Waals surface area contributed by atoms with Gasteiger partial charge in [-0.2, -0.15) is 0 Å². The third-order valence-electron chi connectivity index (χ3n) is 3.91. The van der Waals surface area contributed by atoms with Gasteiger partial charge < -0.3 is 10.2 Å². The van der Waals surface area contributed by atoms with Crippen molar-refractivity contribution in [1.29, 1.82) is 0 Å². The number of aliphatic carboxylic acids is 1. The SMILES string of the molecule is O=C(O)C1CC(O)(C2CCCCC2)C1. The van der Waals surface area contributed by atoms with Gasteiger partial charge in [0.2, 0.25) is 0 Å². The van der Waals surface area contributed by atoms with Crippen LogP contribution in [0.5, 0.6) is 0 Å². The largest absolute Gasteiger partial charge is 0.481 e. The fraction of sp³-hybridized carbons (Fsp3) is 0.909. The third kappa shape index (κ3) is 1.65. The monoisotopic (exact) mass is 198 g/mol. The summed E-state index contributed by atoms with van der Waals surface area (Å²) in [4.78, 5) is 10.6. The molecule has 0 aliphatic heterocycles. The molecule has 0 aromatic heterocycles. The van der Waals surface area contributed by atoms with E-state index < -0.39 is 11.6 Å². The Morgan fingerprint density at radius 2 is 1.71 bits per heavy atom. The number of hydrogen-bond acceptors (Lipinski definition) is 2. The summed E-state index contributed by atoms with van der Waals surface area (Å²) in [5.74, 6) is -0.667. The molecule has 2 N–H and O–H groups in total. The molecule has 80 valence electrons. The Morgan fingerprint density at radius 3 is 2.21 bits per heavy atom. The second-order valence-electron chi connectivity index (χ2n) is 4.88. The number of carboxylic acids is 1. The van der Waals surface area contributed by atoms with E-state index >= 15 is 0 Å². The van der Waals surface area contributed by atoms with Crippen LogP contribution >= 0.6 is 0 Å². The zero-order chi connectivity index (χ0) is 10.2. The number of rotatable bonds is 2. The Kier molecular flexibility index (Phi) is 2.52. The number of aliphatic hydroxyl groups is 1. The van der Waals surface area contributed by atoms with Gasteiger partial charge in [-0.05, 0) is 31.6 Å². The highest BCUT2D eigenvalue weighted by molar-refractivity contribution is 5.71. The van der Waals surface area contributed by atoms with E-state index in [0.717, 1.165) is 12.8 Å². The van der Waals surface area contributed by atoms with Crippen molar-refractivity contribution < 1.29 is 15.0 Å². The summed E-state index contributed by atoms with van der Waals surface area (Å²) in [6.07, 6.45) is 6.80. The van der Waals surface area contributed by atoms with Crippen LogP contribution in [0.1, 0.15) is 44.9 Å². The van der Waals surface area contributed by atoms with Crippen LogP contribution in [0.2, 0.25) is 0 Å². The van der Waals surface area contributed by atoms with Crippen LogP contribution < -0.4 is 0 Å². The van der Waals surface area contributed by atoms with E-state index in [4.69, 9.17) is 5.11 Å². The molecule has 0 unspecified atom stereocenters. The fourth-order valence-electron chi connectivity index (χ4n) is 2.94. The van der Waals surface area contributed by atoms with E-state index in [1.54, 1.807) is 0 Å². The van der Waals surface area contributed by atoms with Gasteiger partial charge in [-0.25, -0.2) is 0 Å². The predicted molar refractivity (Wildman–Crippen MR) is 51.9 cm³/mol. The van der Waals surface area contributed by atoms with Gasteiger partial charge in [0, 0.05) is 0 Å². The molecule has 2 fully saturated rings. The number of hydrogen-bond donors (Lipinski definition) is 2. The van der Waals surface area contributed by atoms with Gasteiger partial charge in [-0.15, -0.1) is 0 Å². The zero-order valence-corrected chi connectivity index (χ0v) is 8.41. The van der Waals surface area contributed by atoms with Crippen molar-refractivity contribution in [3.8, 4) is 0 Å². The molecule has 3 heteroatoms. The summed E-state index contributed by atoms with van der Waals surface area (Å²) >= 11 is 0. The summed E-state index contributed by atoms with van der Waals surface area (Å²) in [6, 6.07) is 0. The molecular weight excluding hydrogens is 180 g/mol. The highest BCUT2D eigenvalue weighted by atomic mass is 16.4. The molecule has 2 rings (SSSR count). The Bertz CT molecular complexity index is 225. The highest BCUT2D eigenvalue weighted by Crippen LogP contribution is 2.47. The highest BCUT2D eigenvalue weighted by Gasteiger charge is 2.50. The standard InChI is InChI=1S/C11H18O3/c12-10(13)8-6-11(14,7-8)9-4-2-1-3-5-9/h8-9,14H,1-7H2,(H,12,13). The van der Waals surface area contributed by atoms with Crippen molar-refractivity contribution in [2.24, 2.45) is 11.8 Å². The minimum Gasteiger partial charge on any atom is -0.481 e.